The molecule has 2 aromatic rings. The SMILES string of the molecule is C=C(C)c1cc2c(ccn2CC(C)C)cc1F. The Balaban J connectivity index is 2.59. The zero-order chi connectivity index (χ0) is 12.6. The van der Waals surface area contributed by atoms with Gasteiger partial charge in [-0.15, -0.1) is 0 Å². The third kappa shape index (κ3) is 2.26. The lowest BCUT2D eigenvalue weighted by Crippen LogP contribution is -2.02. The number of halogens is 1. The molecule has 1 nitrogen and oxygen atoms in total. The van der Waals surface area contributed by atoms with Gasteiger partial charge in [-0.25, -0.2) is 4.39 Å². The van der Waals surface area contributed by atoms with E-state index < -0.39 is 0 Å². The van der Waals surface area contributed by atoms with E-state index in [1.807, 2.05) is 25.3 Å². The minimum Gasteiger partial charge on any atom is -0.347 e. The molecule has 0 radical (unpaired) electrons. The van der Waals surface area contributed by atoms with Crippen molar-refractivity contribution in [3.63, 3.8) is 0 Å². The van der Waals surface area contributed by atoms with Crippen molar-refractivity contribution in [3.05, 3.63) is 42.4 Å². The predicted octanol–water partition coefficient (Wildman–Crippen LogP) is 4.47. The Hall–Kier alpha value is -1.57. The van der Waals surface area contributed by atoms with Gasteiger partial charge in [-0.2, -0.15) is 0 Å². The molecule has 90 valence electrons. The molecule has 17 heavy (non-hydrogen) atoms. The summed E-state index contributed by atoms with van der Waals surface area (Å²) in [5.74, 6) is 0.385. The quantitative estimate of drug-likeness (QED) is 0.734. The molecule has 0 spiro atoms. The number of hydrogen-bond acceptors (Lipinski definition) is 0. The Labute approximate surface area is 102 Å². The topological polar surface area (TPSA) is 4.93 Å². The van der Waals surface area contributed by atoms with Gasteiger partial charge in [-0.1, -0.05) is 20.4 Å². The highest BCUT2D eigenvalue weighted by atomic mass is 19.1. The molecular formula is C15H18FN. The number of benzene rings is 1. The third-order valence-electron chi connectivity index (χ3n) is 2.88. The number of fused-ring (bicyclic) bond motifs is 1. The number of allylic oxidation sites excluding steroid dienone is 1. The van der Waals surface area contributed by atoms with Crippen molar-refractivity contribution in [1.29, 1.82) is 0 Å². The normalized spacial score (nSPS) is 11.4. The zero-order valence-electron chi connectivity index (χ0n) is 10.6. The van der Waals surface area contributed by atoms with Gasteiger partial charge in [0.2, 0.25) is 0 Å². The standard InChI is InChI=1S/C15H18FN/c1-10(2)9-17-6-5-12-7-14(16)13(11(3)4)8-15(12)17/h5-8,10H,3,9H2,1-2,4H3. The van der Waals surface area contributed by atoms with E-state index in [0.717, 1.165) is 23.0 Å². The van der Waals surface area contributed by atoms with Crippen LogP contribution in [0, 0.1) is 11.7 Å². The number of aromatic nitrogens is 1. The highest BCUT2D eigenvalue weighted by Crippen LogP contribution is 2.25. The molecule has 0 N–H and O–H groups in total. The maximum atomic E-state index is 13.8. The van der Waals surface area contributed by atoms with Crippen LogP contribution in [0.2, 0.25) is 0 Å². The highest BCUT2D eigenvalue weighted by Gasteiger charge is 2.09. The average molecular weight is 231 g/mol. The van der Waals surface area contributed by atoms with Crippen molar-refractivity contribution in [2.24, 2.45) is 5.92 Å². The summed E-state index contributed by atoms with van der Waals surface area (Å²) < 4.78 is 15.9. The molecule has 1 aromatic heterocycles. The Morgan fingerprint density at radius 3 is 2.71 bits per heavy atom. The van der Waals surface area contributed by atoms with Gasteiger partial charge < -0.3 is 4.57 Å². The first-order valence-corrected chi connectivity index (χ1v) is 5.93. The van der Waals surface area contributed by atoms with Crippen LogP contribution < -0.4 is 0 Å². The fraction of sp³-hybridized carbons (Fsp3) is 0.333. The molecule has 0 aliphatic rings. The third-order valence-corrected chi connectivity index (χ3v) is 2.88. The molecule has 2 rings (SSSR count). The average Bonchev–Trinajstić information content (AvgIpc) is 2.58. The van der Waals surface area contributed by atoms with E-state index in [-0.39, 0.29) is 5.82 Å². The second-order valence-electron chi connectivity index (χ2n) is 5.03. The largest absolute Gasteiger partial charge is 0.347 e. The lowest BCUT2D eigenvalue weighted by molar-refractivity contribution is 0.535. The molecule has 0 unspecified atom stereocenters. The monoisotopic (exact) mass is 231 g/mol. The van der Waals surface area contributed by atoms with Gasteiger partial charge in [0.05, 0.1) is 0 Å². The van der Waals surface area contributed by atoms with Crippen molar-refractivity contribution in [2.45, 2.75) is 27.3 Å². The summed E-state index contributed by atoms with van der Waals surface area (Å²) in [6.45, 7) is 11.0. The van der Waals surface area contributed by atoms with Gasteiger partial charge in [0, 0.05) is 29.2 Å². The lowest BCUT2D eigenvalue weighted by atomic mass is 10.1. The Bertz CT molecular complexity index is 564. The molecule has 1 aromatic carbocycles. The first kappa shape index (κ1) is 11.9. The maximum absolute atomic E-state index is 13.8. The number of hydrogen-bond donors (Lipinski definition) is 0. The molecule has 0 bridgehead atoms. The highest BCUT2D eigenvalue weighted by molar-refractivity contribution is 5.84. The van der Waals surface area contributed by atoms with Gasteiger partial charge in [-0.3, -0.25) is 0 Å². The van der Waals surface area contributed by atoms with E-state index >= 15 is 0 Å². The van der Waals surface area contributed by atoms with Crippen molar-refractivity contribution < 1.29 is 4.39 Å². The summed E-state index contributed by atoms with van der Waals surface area (Å²) >= 11 is 0. The first-order valence-electron chi connectivity index (χ1n) is 5.93. The van der Waals surface area contributed by atoms with E-state index in [0.29, 0.717) is 11.5 Å². The Kier molecular flexibility index (Phi) is 3.05. The van der Waals surface area contributed by atoms with Crippen LogP contribution in [0.1, 0.15) is 26.3 Å². The summed E-state index contributed by atoms with van der Waals surface area (Å²) in [6.07, 6.45) is 2.02. The van der Waals surface area contributed by atoms with Crippen LogP contribution in [0.5, 0.6) is 0 Å². The first-order chi connectivity index (χ1) is 7.99. The molecule has 0 aliphatic carbocycles. The van der Waals surface area contributed by atoms with E-state index in [1.54, 1.807) is 6.07 Å². The second-order valence-corrected chi connectivity index (χ2v) is 5.03. The van der Waals surface area contributed by atoms with Crippen molar-refractivity contribution in [3.8, 4) is 0 Å². The van der Waals surface area contributed by atoms with Crippen LogP contribution >= 0.6 is 0 Å². The molecule has 0 aliphatic heterocycles. The van der Waals surface area contributed by atoms with Crippen molar-refractivity contribution >= 4 is 16.5 Å². The Morgan fingerprint density at radius 1 is 1.41 bits per heavy atom. The van der Waals surface area contributed by atoms with Crippen LogP contribution in [-0.4, -0.2) is 4.57 Å². The molecule has 0 saturated heterocycles. The summed E-state index contributed by atoms with van der Waals surface area (Å²) in [4.78, 5) is 0. The lowest BCUT2D eigenvalue weighted by Gasteiger charge is -2.10. The van der Waals surface area contributed by atoms with Crippen LogP contribution in [0.15, 0.2) is 31.0 Å². The Morgan fingerprint density at radius 2 is 2.12 bits per heavy atom. The van der Waals surface area contributed by atoms with Gasteiger partial charge in [0.1, 0.15) is 5.82 Å². The fourth-order valence-electron chi connectivity index (χ4n) is 2.09. The van der Waals surface area contributed by atoms with E-state index in [4.69, 9.17) is 0 Å². The number of rotatable bonds is 3. The predicted molar refractivity (Wildman–Crippen MR) is 71.4 cm³/mol. The molecule has 0 atom stereocenters. The maximum Gasteiger partial charge on any atom is 0.131 e. The minimum atomic E-state index is -0.188. The summed E-state index contributed by atoms with van der Waals surface area (Å²) in [5, 5.41) is 0.952. The summed E-state index contributed by atoms with van der Waals surface area (Å²) in [7, 11) is 0. The van der Waals surface area contributed by atoms with E-state index in [2.05, 4.69) is 25.0 Å². The van der Waals surface area contributed by atoms with Crippen molar-refractivity contribution in [1.82, 2.24) is 4.57 Å². The van der Waals surface area contributed by atoms with E-state index in [9.17, 15) is 4.39 Å². The molecule has 2 heteroatoms. The summed E-state index contributed by atoms with van der Waals surface area (Å²) in [6, 6.07) is 5.45. The van der Waals surface area contributed by atoms with Crippen molar-refractivity contribution in [2.75, 3.05) is 0 Å². The van der Waals surface area contributed by atoms with Crippen LogP contribution in [0.3, 0.4) is 0 Å². The molecule has 0 saturated carbocycles. The number of nitrogens with zero attached hydrogens (tertiary/aromatic N) is 1. The second kappa shape index (κ2) is 4.36. The fourth-order valence-corrected chi connectivity index (χ4v) is 2.09. The zero-order valence-corrected chi connectivity index (χ0v) is 10.6. The minimum absolute atomic E-state index is 0.188. The van der Waals surface area contributed by atoms with Crippen LogP contribution in [0.25, 0.3) is 16.5 Å². The van der Waals surface area contributed by atoms with Gasteiger partial charge in [0.15, 0.2) is 0 Å². The molecule has 0 amide bonds. The van der Waals surface area contributed by atoms with E-state index in [1.165, 1.54) is 0 Å². The van der Waals surface area contributed by atoms with Gasteiger partial charge >= 0.3 is 0 Å². The molecular weight excluding hydrogens is 213 g/mol. The smallest absolute Gasteiger partial charge is 0.131 e. The summed E-state index contributed by atoms with van der Waals surface area (Å²) in [5.41, 5.74) is 2.46. The van der Waals surface area contributed by atoms with Gasteiger partial charge in [-0.05, 0) is 36.6 Å². The van der Waals surface area contributed by atoms with Crippen LogP contribution in [0.4, 0.5) is 4.39 Å². The van der Waals surface area contributed by atoms with Crippen LogP contribution in [-0.2, 0) is 6.54 Å². The molecule has 0 fully saturated rings. The van der Waals surface area contributed by atoms with Gasteiger partial charge in [0.25, 0.3) is 0 Å². The molecule has 1 heterocycles.